The number of carbonyl (C=O) groups excluding carboxylic acids is 2. The van der Waals surface area contributed by atoms with Gasteiger partial charge in [-0.2, -0.15) is 16.7 Å². The summed E-state index contributed by atoms with van der Waals surface area (Å²) in [6.45, 7) is 8.09. The van der Waals surface area contributed by atoms with E-state index in [4.69, 9.17) is 4.74 Å². The van der Waals surface area contributed by atoms with Crippen molar-refractivity contribution in [2.24, 2.45) is 5.41 Å². The number of ether oxygens (including phenoxy) is 1. The first kappa shape index (κ1) is 22.2. The normalized spacial score (nSPS) is 15.9. The Morgan fingerprint density at radius 3 is 2.43 bits per heavy atom. The fraction of sp³-hybridized carbons (Fsp3) is 0.550. The Bertz CT molecular complexity index is 1060. The van der Waals surface area contributed by atoms with E-state index >= 15 is 0 Å². The van der Waals surface area contributed by atoms with E-state index in [2.05, 4.69) is 10.3 Å². The highest BCUT2D eigenvalue weighted by atomic mass is 32.2. The van der Waals surface area contributed by atoms with Crippen molar-refractivity contribution in [3.63, 3.8) is 0 Å². The van der Waals surface area contributed by atoms with E-state index in [0.717, 1.165) is 23.2 Å². The third-order valence-corrected chi connectivity index (χ3v) is 6.51. The molecule has 9 nitrogen and oxygen atoms in total. The SMILES string of the molecule is CC(=O)Nc1nc2c(C(=O)OCC(C)(C)C)cccc2n1S(=O)(=O)N1CCCCC1. The van der Waals surface area contributed by atoms with Crippen molar-refractivity contribution in [2.75, 3.05) is 25.0 Å². The zero-order valence-corrected chi connectivity index (χ0v) is 18.6. The molecule has 3 rings (SSSR count). The predicted octanol–water partition coefficient (Wildman–Crippen LogP) is 2.78. The molecule has 0 saturated carbocycles. The van der Waals surface area contributed by atoms with Gasteiger partial charge in [0.1, 0.15) is 5.52 Å². The first-order chi connectivity index (χ1) is 14.0. The maximum atomic E-state index is 13.4. The largest absolute Gasteiger partial charge is 0.461 e. The third-order valence-electron chi connectivity index (χ3n) is 4.66. The fourth-order valence-corrected chi connectivity index (χ4v) is 4.93. The van der Waals surface area contributed by atoms with E-state index in [1.807, 2.05) is 20.8 Å². The van der Waals surface area contributed by atoms with Gasteiger partial charge in [0, 0.05) is 20.0 Å². The van der Waals surface area contributed by atoms with Crippen LogP contribution in [0.4, 0.5) is 5.95 Å². The molecule has 1 aromatic heterocycles. The lowest BCUT2D eigenvalue weighted by Crippen LogP contribution is -2.39. The van der Waals surface area contributed by atoms with Crippen molar-refractivity contribution in [1.82, 2.24) is 13.3 Å². The summed E-state index contributed by atoms with van der Waals surface area (Å²) < 4.78 is 34.6. The summed E-state index contributed by atoms with van der Waals surface area (Å²) in [4.78, 5) is 28.7. The zero-order valence-electron chi connectivity index (χ0n) is 17.8. The van der Waals surface area contributed by atoms with Crippen molar-refractivity contribution in [3.05, 3.63) is 23.8 Å². The fourth-order valence-electron chi connectivity index (χ4n) is 3.28. The quantitative estimate of drug-likeness (QED) is 0.722. The number of esters is 1. The number of nitrogens with one attached hydrogen (secondary N) is 1. The number of benzene rings is 1. The molecule has 1 N–H and O–H groups in total. The van der Waals surface area contributed by atoms with Gasteiger partial charge in [-0.15, -0.1) is 0 Å². The maximum Gasteiger partial charge on any atom is 0.340 e. The minimum absolute atomic E-state index is 0.140. The number of rotatable bonds is 5. The Kier molecular flexibility index (Phi) is 6.19. The highest BCUT2D eigenvalue weighted by Gasteiger charge is 2.32. The standard InChI is InChI=1S/C20H28N4O5S/c1-14(25)21-19-22-17-15(18(26)29-13-20(2,3)4)9-8-10-16(17)24(19)30(27,28)23-11-6-5-7-12-23/h8-10H,5-7,11-13H2,1-4H3,(H,21,22,25). The third kappa shape index (κ3) is 4.65. The van der Waals surface area contributed by atoms with Crippen LogP contribution in [-0.4, -0.2) is 53.3 Å². The van der Waals surface area contributed by atoms with Crippen LogP contribution in [0.5, 0.6) is 0 Å². The van der Waals surface area contributed by atoms with Crippen LogP contribution in [0.15, 0.2) is 18.2 Å². The van der Waals surface area contributed by atoms with Gasteiger partial charge in [-0.3, -0.25) is 10.1 Å². The predicted molar refractivity (Wildman–Crippen MR) is 114 cm³/mol. The molecule has 0 spiro atoms. The van der Waals surface area contributed by atoms with Crippen LogP contribution in [0.1, 0.15) is 57.3 Å². The van der Waals surface area contributed by atoms with Gasteiger partial charge in [0.25, 0.3) is 0 Å². The lowest BCUT2D eigenvalue weighted by Gasteiger charge is -2.26. The molecule has 0 radical (unpaired) electrons. The molecule has 1 amide bonds. The molecule has 1 aliphatic heterocycles. The summed E-state index contributed by atoms with van der Waals surface area (Å²) in [5.74, 6) is -1.19. The van der Waals surface area contributed by atoms with Crippen LogP contribution in [0, 0.1) is 5.41 Å². The zero-order chi connectivity index (χ0) is 22.1. The molecule has 1 saturated heterocycles. The monoisotopic (exact) mass is 436 g/mol. The van der Waals surface area contributed by atoms with Crippen LogP contribution < -0.4 is 5.32 Å². The van der Waals surface area contributed by atoms with Crippen molar-refractivity contribution < 1.29 is 22.7 Å². The average molecular weight is 437 g/mol. The summed E-state index contributed by atoms with van der Waals surface area (Å²) in [5, 5.41) is 2.49. The Hall–Kier alpha value is -2.46. The first-order valence-electron chi connectivity index (χ1n) is 9.97. The second kappa shape index (κ2) is 8.35. The first-order valence-corrected chi connectivity index (χ1v) is 11.4. The smallest absolute Gasteiger partial charge is 0.340 e. The molecule has 0 unspecified atom stereocenters. The van der Waals surface area contributed by atoms with Crippen LogP contribution in [0.25, 0.3) is 11.0 Å². The van der Waals surface area contributed by atoms with E-state index in [0.29, 0.717) is 13.1 Å². The number of hydrogen-bond donors (Lipinski definition) is 1. The number of hydrogen-bond acceptors (Lipinski definition) is 6. The van der Waals surface area contributed by atoms with Crippen LogP contribution in [-0.2, 0) is 19.7 Å². The number of nitrogens with zero attached hydrogens (tertiary/aromatic N) is 3. The van der Waals surface area contributed by atoms with Crippen molar-refractivity contribution in [2.45, 2.75) is 47.0 Å². The van der Waals surface area contributed by atoms with E-state index in [1.165, 1.54) is 17.3 Å². The number of imidazole rings is 1. The molecule has 2 heterocycles. The van der Waals surface area contributed by atoms with Crippen molar-refractivity contribution in [3.8, 4) is 0 Å². The molecule has 2 aromatic rings. The number of carbonyl (C=O) groups is 2. The van der Waals surface area contributed by atoms with Crippen molar-refractivity contribution >= 4 is 39.1 Å². The van der Waals surface area contributed by atoms with Crippen LogP contribution in [0.2, 0.25) is 0 Å². The van der Waals surface area contributed by atoms with Crippen LogP contribution in [0.3, 0.4) is 0 Å². The summed E-state index contributed by atoms with van der Waals surface area (Å²) in [6, 6.07) is 4.68. The molecule has 1 aliphatic rings. The number of amides is 1. The van der Waals surface area contributed by atoms with Crippen molar-refractivity contribution in [1.29, 1.82) is 0 Å². The summed E-state index contributed by atoms with van der Waals surface area (Å²) >= 11 is 0. The number of fused-ring (bicyclic) bond motifs is 1. The minimum Gasteiger partial charge on any atom is -0.461 e. The summed E-state index contributed by atoms with van der Waals surface area (Å²) in [6.07, 6.45) is 2.51. The molecule has 1 fully saturated rings. The van der Waals surface area contributed by atoms with Gasteiger partial charge in [-0.1, -0.05) is 33.3 Å². The van der Waals surface area contributed by atoms with Crippen LogP contribution >= 0.6 is 0 Å². The molecule has 164 valence electrons. The average Bonchev–Trinajstić information content (AvgIpc) is 3.04. The number of piperidine rings is 1. The molecular formula is C20H28N4O5S. The Morgan fingerprint density at radius 2 is 1.83 bits per heavy atom. The molecule has 0 aliphatic carbocycles. The van der Waals surface area contributed by atoms with E-state index in [1.54, 1.807) is 12.1 Å². The highest BCUT2D eigenvalue weighted by Crippen LogP contribution is 2.28. The number of anilines is 1. The molecular weight excluding hydrogens is 408 g/mol. The highest BCUT2D eigenvalue weighted by molar-refractivity contribution is 7.87. The van der Waals surface area contributed by atoms with E-state index < -0.39 is 22.1 Å². The molecule has 1 aromatic carbocycles. The van der Waals surface area contributed by atoms with Gasteiger partial charge in [0.05, 0.1) is 17.7 Å². The maximum absolute atomic E-state index is 13.4. The summed E-state index contributed by atoms with van der Waals surface area (Å²) in [5.41, 5.74) is 0.313. The molecule has 10 heteroatoms. The van der Waals surface area contributed by atoms with Gasteiger partial charge in [0.15, 0.2) is 0 Å². The van der Waals surface area contributed by atoms with Gasteiger partial charge in [-0.05, 0) is 30.4 Å². The number of aromatic nitrogens is 2. The van der Waals surface area contributed by atoms with Gasteiger partial charge in [0.2, 0.25) is 11.9 Å². The lowest BCUT2D eigenvalue weighted by molar-refractivity contribution is -0.114. The molecule has 30 heavy (non-hydrogen) atoms. The topological polar surface area (TPSA) is 111 Å². The Balaban J connectivity index is 2.12. The Labute approximate surface area is 176 Å². The van der Waals surface area contributed by atoms with Gasteiger partial charge >= 0.3 is 16.2 Å². The lowest BCUT2D eigenvalue weighted by atomic mass is 9.99. The summed E-state index contributed by atoms with van der Waals surface area (Å²) in [7, 11) is -3.98. The molecule has 0 bridgehead atoms. The Morgan fingerprint density at radius 1 is 1.17 bits per heavy atom. The van der Waals surface area contributed by atoms with Gasteiger partial charge < -0.3 is 4.74 Å². The van der Waals surface area contributed by atoms with E-state index in [9.17, 15) is 18.0 Å². The van der Waals surface area contributed by atoms with Gasteiger partial charge in [-0.25, -0.2) is 9.78 Å². The van der Waals surface area contributed by atoms with E-state index in [-0.39, 0.29) is 34.6 Å². The minimum atomic E-state index is -3.98. The second-order valence-corrected chi connectivity index (χ2v) is 10.4. The number of para-hydroxylation sites is 1. The molecule has 0 atom stereocenters. The second-order valence-electron chi connectivity index (χ2n) is 8.66.